The van der Waals surface area contributed by atoms with Crippen LogP contribution in [0.2, 0.25) is 0 Å². The fourth-order valence-electron chi connectivity index (χ4n) is 0.462. The predicted molar refractivity (Wildman–Crippen MR) is 41.0 cm³/mol. The van der Waals surface area contributed by atoms with Crippen molar-refractivity contribution in [1.29, 1.82) is 0 Å². The maximum atomic E-state index is 3.74. The van der Waals surface area contributed by atoms with Crippen molar-refractivity contribution in [1.82, 2.24) is 10.6 Å². The van der Waals surface area contributed by atoms with E-state index in [2.05, 4.69) is 17.2 Å². The Morgan fingerprint density at radius 3 is 2.78 bits per heavy atom. The molecule has 2 N–H and O–H groups in total. The van der Waals surface area contributed by atoms with Crippen molar-refractivity contribution >= 4 is 0 Å². The molecule has 0 bridgehead atoms. The molecule has 0 radical (unpaired) electrons. The van der Waals surface area contributed by atoms with Gasteiger partial charge in [-0.15, -0.1) is 0 Å². The van der Waals surface area contributed by atoms with Gasteiger partial charge in [0, 0.05) is 5.70 Å². The van der Waals surface area contributed by atoms with E-state index in [9.17, 15) is 0 Å². The molecule has 0 amide bonds. The summed E-state index contributed by atoms with van der Waals surface area (Å²) in [5, 5.41) is 5.99. The Labute approximate surface area is 56.6 Å². The van der Waals surface area contributed by atoms with Gasteiger partial charge in [0.1, 0.15) is 0 Å². The molecule has 0 unspecified atom stereocenters. The summed E-state index contributed by atoms with van der Waals surface area (Å²) in [7, 11) is 1.88. The van der Waals surface area contributed by atoms with Gasteiger partial charge in [0.2, 0.25) is 0 Å². The second kappa shape index (κ2) is 5.38. The van der Waals surface area contributed by atoms with Crippen LogP contribution in [-0.2, 0) is 0 Å². The normalized spacial score (nSPS) is 10.0. The van der Waals surface area contributed by atoms with Gasteiger partial charge in [-0.1, -0.05) is 12.7 Å². The largest absolute Gasteiger partial charge is 0.373 e. The standard InChI is InChI=1S/C7H14N2/c1-4-5-7(2)9-6-8-3/h4-5,8-9H,2,6H2,1,3H3/b5-4-. The second-order valence-electron chi connectivity index (χ2n) is 1.73. The first-order chi connectivity index (χ1) is 4.31. The van der Waals surface area contributed by atoms with Gasteiger partial charge in [0.25, 0.3) is 0 Å². The van der Waals surface area contributed by atoms with E-state index in [-0.39, 0.29) is 0 Å². The van der Waals surface area contributed by atoms with Crippen molar-refractivity contribution < 1.29 is 0 Å². The van der Waals surface area contributed by atoms with Crippen molar-refractivity contribution in [3.63, 3.8) is 0 Å². The second-order valence-corrected chi connectivity index (χ2v) is 1.73. The van der Waals surface area contributed by atoms with E-state index in [4.69, 9.17) is 0 Å². The third-order valence-electron chi connectivity index (χ3n) is 0.860. The molecule has 2 nitrogen and oxygen atoms in total. The third-order valence-corrected chi connectivity index (χ3v) is 0.860. The average molecular weight is 126 g/mol. The molecule has 0 aromatic heterocycles. The van der Waals surface area contributed by atoms with E-state index in [0.29, 0.717) is 0 Å². The minimum atomic E-state index is 0.767. The molecule has 0 atom stereocenters. The molecule has 0 aliphatic carbocycles. The van der Waals surface area contributed by atoms with E-state index in [1.807, 2.05) is 26.1 Å². The van der Waals surface area contributed by atoms with Crippen molar-refractivity contribution in [3.8, 4) is 0 Å². The van der Waals surface area contributed by atoms with Gasteiger partial charge in [0.05, 0.1) is 6.67 Å². The van der Waals surface area contributed by atoms with Crippen molar-refractivity contribution in [2.75, 3.05) is 13.7 Å². The quantitative estimate of drug-likeness (QED) is 0.431. The lowest BCUT2D eigenvalue weighted by molar-refractivity contribution is 0.720. The zero-order chi connectivity index (χ0) is 7.11. The highest BCUT2D eigenvalue weighted by molar-refractivity contribution is 5.10. The van der Waals surface area contributed by atoms with E-state index in [0.717, 1.165) is 12.4 Å². The molecule has 0 aliphatic rings. The lowest BCUT2D eigenvalue weighted by Gasteiger charge is -2.02. The van der Waals surface area contributed by atoms with Gasteiger partial charge >= 0.3 is 0 Å². The zero-order valence-electron chi connectivity index (χ0n) is 6.07. The lowest BCUT2D eigenvalue weighted by Crippen LogP contribution is -2.23. The number of allylic oxidation sites excluding steroid dienone is 2. The van der Waals surface area contributed by atoms with Gasteiger partial charge < -0.3 is 10.6 Å². The Bertz CT molecular complexity index is 105. The van der Waals surface area contributed by atoms with Crippen LogP contribution in [0, 0.1) is 0 Å². The van der Waals surface area contributed by atoms with Crippen LogP contribution in [0.25, 0.3) is 0 Å². The Morgan fingerprint density at radius 1 is 1.67 bits per heavy atom. The minimum absolute atomic E-state index is 0.767. The molecule has 0 aliphatic heterocycles. The van der Waals surface area contributed by atoms with Gasteiger partial charge in [-0.25, -0.2) is 0 Å². The summed E-state index contributed by atoms with van der Waals surface area (Å²) in [6.07, 6.45) is 3.88. The van der Waals surface area contributed by atoms with Crippen molar-refractivity contribution in [2.45, 2.75) is 6.92 Å². The summed E-state index contributed by atoms with van der Waals surface area (Å²) < 4.78 is 0. The van der Waals surface area contributed by atoms with E-state index in [1.54, 1.807) is 0 Å². The van der Waals surface area contributed by atoms with Crippen LogP contribution >= 0.6 is 0 Å². The first kappa shape index (κ1) is 8.24. The number of rotatable bonds is 4. The fraction of sp³-hybridized carbons (Fsp3) is 0.429. The molecule has 0 aromatic rings. The first-order valence-electron chi connectivity index (χ1n) is 3.01. The molecule has 0 spiro atoms. The van der Waals surface area contributed by atoms with Gasteiger partial charge in [-0.05, 0) is 20.0 Å². The smallest absolute Gasteiger partial charge is 0.0650 e. The maximum Gasteiger partial charge on any atom is 0.0650 e. The number of nitrogens with one attached hydrogen (secondary N) is 2. The summed E-state index contributed by atoms with van der Waals surface area (Å²) in [5.41, 5.74) is 0.937. The Morgan fingerprint density at radius 2 is 2.33 bits per heavy atom. The molecule has 0 aromatic carbocycles. The number of hydrogen-bond acceptors (Lipinski definition) is 2. The van der Waals surface area contributed by atoms with Crippen LogP contribution in [-0.4, -0.2) is 13.7 Å². The van der Waals surface area contributed by atoms with Crippen LogP contribution in [0.3, 0.4) is 0 Å². The summed E-state index contributed by atoms with van der Waals surface area (Å²) in [4.78, 5) is 0. The van der Waals surface area contributed by atoms with E-state index >= 15 is 0 Å². The van der Waals surface area contributed by atoms with Gasteiger partial charge in [-0.2, -0.15) is 0 Å². The summed E-state index contributed by atoms with van der Waals surface area (Å²) in [5.74, 6) is 0. The highest BCUT2D eigenvalue weighted by atomic mass is 15.0. The molecule has 9 heavy (non-hydrogen) atoms. The third kappa shape index (κ3) is 5.11. The summed E-state index contributed by atoms with van der Waals surface area (Å²) in [6.45, 7) is 6.48. The minimum Gasteiger partial charge on any atom is -0.373 e. The SMILES string of the molecule is C=C(/C=C\C)NCNC. The zero-order valence-corrected chi connectivity index (χ0v) is 6.07. The maximum absolute atomic E-state index is 3.74. The highest BCUT2D eigenvalue weighted by Crippen LogP contribution is 1.83. The fourth-order valence-corrected chi connectivity index (χ4v) is 0.462. The summed E-state index contributed by atoms with van der Waals surface area (Å²) in [6, 6.07) is 0. The molecular formula is C7H14N2. The van der Waals surface area contributed by atoms with Gasteiger partial charge in [-0.3, -0.25) is 0 Å². The molecular weight excluding hydrogens is 112 g/mol. The van der Waals surface area contributed by atoms with E-state index < -0.39 is 0 Å². The average Bonchev–Trinajstić information content (AvgIpc) is 1.85. The van der Waals surface area contributed by atoms with Crippen LogP contribution in [0.5, 0.6) is 0 Å². The van der Waals surface area contributed by atoms with Crippen molar-refractivity contribution in [3.05, 3.63) is 24.4 Å². The molecule has 0 rings (SSSR count). The van der Waals surface area contributed by atoms with Crippen LogP contribution in [0.4, 0.5) is 0 Å². The monoisotopic (exact) mass is 126 g/mol. The van der Waals surface area contributed by atoms with Gasteiger partial charge in [0.15, 0.2) is 0 Å². The molecule has 2 heteroatoms. The molecule has 0 saturated heterocycles. The first-order valence-corrected chi connectivity index (χ1v) is 3.01. The topological polar surface area (TPSA) is 24.1 Å². The molecule has 0 saturated carbocycles. The Balaban J connectivity index is 3.27. The molecule has 0 heterocycles. The summed E-state index contributed by atoms with van der Waals surface area (Å²) >= 11 is 0. The van der Waals surface area contributed by atoms with E-state index in [1.165, 1.54) is 0 Å². The van der Waals surface area contributed by atoms with Crippen LogP contribution < -0.4 is 10.6 Å². The predicted octanol–water partition coefficient (Wildman–Crippen LogP) is 0.843. The van der Waals surface area contributed by atoms with Crippen LogP contribution in [0.15, 0.2) is 24.4 Å². The highest BCUT2D eigenvalue weighted by Gasteiger charge is 1.80. The Kier molecular flexibility index (Phi) is 4.92. The molecule has 52 valence electrons. The molecule has 0 fully saturated rings. The Hall–Kier alpha value is -0.760. The number of hydrogen-bond donors (Lipinski definition) is 2. The van der Waals surface area contributed by atoms with Crippen LogP contribution in [0.1, 0.15) is 6.92 Å². The lowest BCUT2D eigenvalue weighted by atomic mass is 10.4. The van der Waals surface area contributed by atoms with Crippen molar-refractivity contribution in [2.24, 2.45) is 0 Å².